The first-order valence-corrected chi connectivity index (χ1v) is 15.7. The van der Waals surface area contributed by atoms with E-state index in [1.54, 1.807) is 12.1 Å². The average molecular weight is 637 g/mol. The molecule has 0 fully saturated rings. The van der Waals surface area contributed by atoms with Crippen LogP contribution < -0.4 is 0 Å². The molecule has 0 N–H and O–H groups in total. The second kappa shape index (κ2) is 11.1. The monoisotopic (exact) mass is 636 g/mol. The summed E-state index contributed by atoms with van der Waals surface area (Å²) in [4.78, 5) is 0. The van der Waals surface area contributed by atoms with Gasteiger partial charge in [0.2, 0.25) is 0 Å². The number of hydrogen-bond acceptors (Lipinski definition) is 1. The Labute approximate surface area is 304 Å². The first kappa shape index (κ1) is 17.1. The topological polar surface area (TPSA) is 13.1 Å². The van der Waals surface area contributed by atoms with E-state index in [4.69, 9.17) is 18.1 Å². The molecule has 228 valence electrons. The van der Waals surface area contributed by atoms with Gasteiger partial charge in [-0.3, -0.25) is 0 Å². The van der Waals surface area contributed by atoms with E-state index in [9.17, 15) is 5.48 Å². The highest BCUT2D eigenvalue weighted by Crippen LogP contribution is 2.45. The highest BCUT2D eigenvalue weighted by Gasteiger charge is 2.18. The molecule has 0 amide bonds. The summed E-state index contributed by atoms with van der Waals surface area (Å²) in [6.45, 7) is 0. The molecule has 0 saturated heterocycles. The number of furan rings is 1. The Morgan fingerprint density at radius 3 is 1.39 bits per heavy atom. The Morgan fingerprint density at radius 2 is 0.796 bits per heavy atom. The van der Waals surface area contributed by atoms with Gasteiger partial charge in [-0.15, -0.1) is 0 Å². The zero-order valence-electron chi connectivity index (χ0n) is 39.6. The Balaban J connectivity index is 1.16. The zero-order valence-corrected chi connectivity index (χ0v) is 25.6. The molecule has 10 rings (SSSR count). The maximum atomic E-state index is 9.74. The van der Waals surface area contributed by atoms with Crippen LogP contribution in [0.1, 0.15) is 19.2 Å². The molecule has 0 spiro atoms. The normalized spacial score (nSPS) is 15.7. The van der Waals surface area contributed by atoms with Crippen molar-refractivity contribution in [3.05, 3.63) is 182 Å². The predicted octanol–water partition coefficient (Wildman–Crippen LogP) is 13.7. The van der Waals surface area contributed by atoms with E-state index in [0.29, 0.717) is 21.9 Å². The van der Waals surface area contributed by atoms with Crippen molar-refractivity contribution in [2.75, 3.05) is 0 Å². The van der Waals surface area contributed by atoms with Crippen molar-refractivity contribution in [2.45, 2.75) is 0 Å². The van der Waals surface area contributed by atoms with Gasteiger partial charge < -0.3 is 4.42 Å². The molecule has 0 bridgehead atoms. The van der Waals surface area contributed by atoms with Crippen LogP contribution in [-0.2, 0) is 0 Å². The summed E-state index contributed by atoms with van der Waals surface area (Å²) in [6.07, 6.45) is 0. The van der Waals surface area contributed by atoms with Crippen LogP contribution >= 0.6 is 0 Å². The Hall–Kier alpha value is -6.44. The second-order valence-electron chi connectivity index (χ2n) is 11.8. The van der Waals surface area contributed by atoms with Gasteiger partial charge in [-0.25, -0.2) is 0 Å². The summed E-state index contributed by atoms with van der Waals surface area (Å²) in [6, 6.07) is 24.8. The molecule has 1 aromatic heterocycles. The largest absolute Gasteiger partial charge is 0.456 e. The molecular weight excluding hydrogens is 593 g/mol. The maximum absolute atomic E-state index is 9.74. The highest BCUT2D eigenvalue weighted by molar-refractivity contribution is 6.22. The van der Waals surface area contributed by atoms with E-state index in [-0.39, 0.29) is 80.1 Å². The molecule has 0 saturated carbocycles. The van der Waals surface area contributed by atoms with Crippen LogP contribution in [0.5, 0.6) is 0 Å². The summed E-state index contributed by atoms with van der Waals surface area (Å²) in [5, 5.41) is 2.57. The second-order valence-corrected chi connectivity index (χ2v) is 11.8. The van der Waals surface area contributed by atoms with Crippen molar-refractivity contribution < 1.29 is 23.6 Å². The molecule has 10 aromatic rings. The van der Waals surface area contributed by atoms with E-state index in [0.717, 1.165) is 33.0 Å². The molecule has 0 aliphatic heterocycles. The fraction of sp³-hybridized carbons (Fsp3) is 0. The minimum atomic E-state index is -0.564. The third-order valence-electron chi connectivity index (χ3n) is 9.00. The quantitative estimate of drug-likeness (QED) is 0.175. The van der Waals surface area contributed by atoms with Crippen molar-refractivity contribution in [2.24, 2.45) is 0 Å². The molecule has 0 aliphatic rings. The van der Waals surface area contributed by atoms with Gasteiger partial charge in [0.15, 0.2) is 0 Å². The Morgan fingerprint density at radius 1 is 0.327 bits per heavy atom. The summed E-state index contributed by atoms with van der Waals surface area (Å²) in [7, 11) is 0. The summed E-state index contributed by atoms with van der Waals surface area (Å²) in [5.74, 6) is 0. The smallest absolute Gasteiger partial charge is 0.136 e. The van der Waals surface area contributed by atoms with Gasteiger partial charge in [-0.1, -0.05) is 157 Å². The average Bonchev–Trinajstić information content (AvgIpc) is 3.72. The van der Waals surface area contributed by atoms with Gasteiger partial charge in [0.05, 0.1) is 19.2 Å². The van der Waals surface area contributed by atoms with E-state index < -0.39 is 48.3 Å². The minimum Gasteiger partial charge on any atom is -0.456 e. The fourth-order valence-corrected chi connectivity index (χ4v) is 6.75. The fourth-order valence-electron chi connectivity index (χ4n) is 6.75. The minimum absolute atomic E-state index is 0.00276. The molecule has 9 aromatic carbocycles. The molecular formula is C48H30O. The van der Waals surface area contributed by atoms with Gasteiger partial charge in [0.25, 0.3) is 0 Å². The number of hydrogen-bond donors (Lipinski definition) is 0. The standard InChI is InChI=1S/C48H30O/c1-2-10-31(11-3-1)32-18-20-33(21-19-32)34-22-24-35(25-23-34)47-39-14-6-8-16-41(39)48(42-17-9-7-15-40(42)47)38-26-27-45-43(29-38)44-28-36-12-4-5-13-37(36)30-46(44)49-45/h1-30H/i1D,2D,3D,4D,5D,10D,11D,12D,13D,26D,27D,28D,29D,30D. The lowest BCUT2D eigenvalue weighted by atomic mass is 9.85. The highest BCUT2D eigenvalue weighted by atomic mass is 16.3. The van der Waals surface area contributed by atoms with E-state index in [2.05, 4.69) is 0 Å². The molecule has 0 atom stereocenters. The Kier molecular flexibility index (Phi) is 3.87. The van der Waals surface area contributed by atoms with Gasteiger partial charge in [-0.2, -0.15) is 0 Å². The summed E-state index contributed by atoms with van der Waals surface area (Å²) >= 11 is 0. The third-order valence-corrected chi connectivity index (χ3v) is 9.00. The predicted molar refractivity (Wildman–Crippen MR) is 208 cm³/mol. The van der Waals surface area contributed by atoms with Gasteiger partial charge in [0.1, 0.15) is 11.2 Å². The molecule has 49 heavy (non-hydrogen) atoms. The van der Waals surface area contributed by atoms with E-state index in [1.807, 2.05) is 84.9 Å². The molecule has 0 unspecified atom stereocenters. The lowest BCUT2D eigenvalue weighted by Crippen LogP contribution is -1.91. The lowest BCUT2D eigenvalue weighted by Gasteiger charge is -2.18. The first-order valence-electron chi connectivity index (χ1n) is 22.7. The van der Waals surface area contributed by atoms with Crippen molar-refractivity contribution in [1.82, 2.24) is 0 Å². The van der Waals surface area contributed by atoms with Crippen LogP contribution in [-0.4, -0.2) is 0 Å². The number of rotatable bonds is 4. The molecule has 1 heterocycles. The van der Waals surface area contributed by atoms with Gasteiger partial charge in [0, 0.05) is 10.8 Å². The van der Waals surface area contributed by atoms with Crippen molar-refractivity contribution in [1.29, 1.82) is 0 Å². The molecule has 0 aliphatic carbocycles. The van der Waals surface area contributed by atoms with Crippen LogP contribution in [0, 0.1) is 0 Å². The van der Waals surface area contributed by atoms with Crippen molar-refractivity contribution in [3.8, 4) is 44.5 Å². The van der Waals surface area contributed by atoms with Gasteiger partial charge in [-0.05, 0) is 101 Å². The van der Waals surface area contributed by atoms with E-state index in [1.165, 1.54) is 0 Å². The third kappa shape index (κ3) is 4.55. The van der Waals surface area contributed by atoms with Crippen molar-refractivity contribution in [3.63, 3.8) is 0 Å². The van der Waals surface area contributed by atoms with Crippen LogP contribution in [0.4, 0.5) is 0 Å². The first-order chi connectivity index (χ1) is 30.1. The number of fused-ring (bicyclic) bond motifs is 6. The Bertz CT molecular complexity index is 3570. The van der Waals surface area contributed by atoms with Crippen molar-refractivity contribution >= 4 is 54.3 Å². The maximum Gasteiger partial charge on any atom is 0.136 e. The summed E-state index contributed by atoms with van der Waals surface area (Å²) < 4.78 is 127. The summed E-state index contributed by atoms with van der Waals surface area (Å²) in [5.41, 5.74) is 4.36. The number of benzene rings is 9. The SMILES string of the molecule is [2H]c1c([2H])c([2H])c(-c2ccc(-c3ccc(-c4c5ccccc5c(-c5c([2H])c([2H])c6oc7c([2H])c8c([2H])c([2H])c([2H])c([2H])c8c([2H])c7c6c5[2H])c5ccccc45)cc3)cc2)c([2H])c1[2H]. The zero-order chi connectivity index (χ0) is 44.5. The van der Waals surface area contributed by atoms with Crippen LogP contribution in [0.15, 0.2) is 186 Å². The lowest BCUT2D eigenvalue weighted by molar-refractivity contribution is 0.669. The molecule has 1 nitrogen and oxygen atoms in total. The van der Waals surface area contributed by atoms with Crippen LogP contribution in [0.2, 0.25) is 0 Å². The van der Waals surface area contributed by atoms with Crippen LogP contribution in [0.25, 0.3) is 98.8 Å². The molecule has 0 radical (unpaired) electrons. The van der Waals surface area contributed by atoms with E-state index >= 15 is 0 Å². The van der Waals surface area contributed by atoms with Gasteiger partial charge >= 0.3 is 0 Å². The van der Waals surface area contributed by atoms with Crippen LogP contribution in [0.3, 0.4) is 0 Å². The molecule has 1 heteroatoms.